The molecule has 2 aromatic rings. The maximum absolute atomic E-state index is 11.6. The molecule has 1 aliphatic carbocycles. The summed E-state index contributed by atoms with van der Waals surface area (Å²) in [6, 6.07) is 3.42. The molecule has 0 aliphatic heterocycles. The van der Waals surface area contributed by atoms with E-state index in [1.54, 1.807) is 24.5 Å². The van der Waals surface area contributed by atoms with Gasteiger partial charge in [0.15, 0.2) is 11.4 Å². The highest BCUT2D eigenvalue weighted by Gasteiger charge is 2.23. The lowest BCUT2D eigenvalue weighted by Gasteiger charge is -2.22. The Balaban J connectivity index is 1.91. The van der Waals surface area contributed by atoms with Gasteiger partial charge in [0.1, 0.15) is 0 Å². The Bertz CT molecular complexity index is 618. The van der Waals surface area contributed by atoms with Crippen molar-refractivity contribution >= 4 is 5.97 Å². The van der Waals surface area contributed by atoms with Gasteiger partial charge < -0.3 is 9.84 Å². The first-order chi connectivity index (χ1) is 10.3. The zero-order valence-electron chi connectivity index (χ0n) is 11.6. The molecule has 1 N–H and O–H groups in total. The molecule has 0 bridgehead atoms. The summed E-state index contributed by atoms with van der Waals surface area (Å²) in [5.74, 6) is -0.707. The number of carboxylic acids is 1. The first-order valence-corrected chi connectivity index (χ1v) is 7.14. The first-order valence-electron chi connectivity index (χ1n) is 7.14. The van der Waals surface area contributed by atoms with E-state index in [-0.39, 0.29) is 11.8 Å². The predicted molar refractivity (Wildman–Crippen MR) is 75.8 cm³/mol. The van der Waals surface area contributed by atoms with Crippen molar-refractivity contribution in [2.45, 2.75) is 38.2 Å². The standard InChI is InChI=1S/C15H17N3O3/c19-15(20)14-13(21-12-4-2-1-3-5-12)10-17-18(14)11-6-8-16-9-7-11/h6-10,12H,1-5H2,(H,19,20). The first kappa shape index (κ1) is 13.6. The lowest BCUT2D eigenvalue weighted by Crippen LogP contribution is -2.21. The number of pyridine rings is 1. The number of aromatic nitrogens is 3. The molecule has 0 aromatic carbocycles. The van der Waals surface area contributed by atoms with Gasteiger partial charge in [-0.15, -0.1) is 0 Å². The van der Waals surface area contributed by atoms with Gasteiger partial charge in [0.05, 0.1) is 18.0 Å². The molecule has 6 heteroatoms. The molecule has 0 unspecified atom stereocenters. The van der Waals surface area contributed by atoms with Gasteiger partial charge in [0.25, 0.3) is 0 Å². The zero-order valence-corrected chi connectivity index (χ0v) is 11.6. The van der Waals surface area contributed by atoms with Crippen molar-refractivity contribution in [3.63, 3.8) is 0 Å². The van der Waals surface area contributed by atoms with Gasteiger partial charge >= 0.3 is 5.97 Å². The average molecular weight is 287 g/mol. The Morgan fingerprint density at radius 3 is 2.62 bits per heavy atom. The van der Waals surface area contributed by atoms with Crippen LogP contribution in [0.2, 0.25) is 0 Å². The SMILES string of the molecule is O=C(O)c1c(OC2CCCCC2)cnn1-c1ccncc1. The van der Waals surface area contributed by atoms with Gasteiger partial charge in [-0.1, -0.05) is 6.42 Å². The predicted octanol–water partition coefficient (Wildman–Crippen LogP) is 2.68. The number of hydrogen-bond acceptors (Lipinski definition) is 4. The van der Waals surface area contributed by atoms with Crippen LogP contribution in [-0.4, -0.2) is 31.9 Å². The van der Waals surface area contributed by atoms with Crippen molar-refractivity contribution in [3.8, 4) is 11.4 Å². The van der Waals surface area contributed by atoms with Gasteiger partial charge in [-0.2, -0.15) is 5.10 Å². The third-order valence-electron chi connectivity index (χ3n) is 3.69. The van der Waals surface area contributed by atoms with Crippen LogP contribution in [0.3, 0.4) is 0 Å². The summed E-state index contributed by atoms with van der Waals surface area (Å²) in [5.41, 5.74) is 0.715. The largest absolute Gasteiger partial charge is 0.486 e. The Morgan fingerprint density at radius 2 is 1.95 bits per heavy atom. The summed E-state index contributed by atoms with van der Waals surface area (Å²) in [4.78, 5) is 15.5. The van der Waals surface area contributed by atoms with Crippen LogP contribution >= 0.6 is 0 Å². The Labute approximate surface area is 122 Å². The van der Waals surface area contributed by atoms with Crippen molar-refractivity contribution in [2.24, 2.45) is 0 Å². The van der Waals surface area contributed by atoms with E-state index in [1.807, 2.05) is 0 Å². The van der Waals surface area contributed by atoms with Crippen LogP contribution in [0.25, 0.3) is 5.69 Å². The summed E-state index contributed by atoms with van der Waals surface area (Å²) in [6.45, 7) is 0. The molecule has 1 aliphatic rings. The number of carbonyl (C=O) groups is 1. The molecule has 0 atom stereocenters. The summed E-state index contributed by atoms with van der Waals surface area (Å²) < 4.78 is 7.25. The van der Waals surface area contributed by atoms with Crippen LogP contribution in [0, 0.1) is 0 Å². The molecule has 2 aromatic heterocycles. The lowest BCUT2D eigenvalue weighted by molar-refractivity contribution is 0.0676. The van der Waals surface area contributed by atoms with E-state index >= 15 is 0 Å². The van der Waals surface area contributed by atoms with Crippen molar-refractivity contribution < 1.29 is 14.6 Å². The zero-order chi connectivity index (χ0) is 14.7. The molecule has 110 valence electrons. The van der Waals surface area contributed by atoms with Crippen LogP contribution in [0.1, 0.15) is 42.6 Å². The smallest absolute Gasteiger partial charge is 0.358 e. The molecule has 0 saturated heterocycles. The second-order valence-electron chi connectivity index (χ2n) is 5.16. The second kappa shape index (κ2) is 5.95. The Hall–Kier alpha value is -2.37. The van der Waals surface area contributed by atoms with Crippen LogP contribution in [0.4, 0.5) is 0 Å². The minimum atomic E-state index is -1.05. The molecule has 6 nitrogen and oxygen atoms in total. The summed E-state index contributed by atoms with van der Waals surface area (Å²) >= 11 is 0. The van der Waals surface area contributed by atoms with E-state index in [2.05, 4.69) is 10.1 Å². The van der Waals surface area contributed by atoms with Crippen LogP contribution in [0.5, 0.6) is 5.75 Å². The molecule has 21 heavy (non-hydrogen) atoms. The number of ether oxygens (including phenoxy) is 1. The molecular formula is C15H17N3O3. The Morgan fingerprint density at radius 1 is 1.24 bits per heavy atom. The van der Waals surface area contributed by atoms with Gasteiger partial charge in [-0.05, 0) is 37.8 Å². The van der Waals surface area contributed by atoms with E-state index in [1.165, 1.54) is 17.3 Å². The lowest BCUT2D eigenvalue weighted by atomic mass is 9.98. The van der Waals surface area contributed by atoms with E-state index in [0.29, 0.717) is 11.4 Å². The maximum Gasteiger partial charge on any atom is 0.358 e. The number of hydrogen-bond donors (Lipinski definition) is 1. The van der Waals surface area contributed by atoms with Crippen LogP contribution in [-0.2, 0) is 0 Å². The molecule has 1 fully saturated rings. The van der Waals surface area contributed by atoms with Crippen molar-refractivity contribution in [1.82, 2.24) is 14.8 Å². The second-order valence-corrected chi connectivity index (χ2v) is 5.16. The van der Waals surface area contributed by atoms with Crippen molar-refractivity contribution in [1.29, 1.82) is 0 Å². The number of nitrogens with zero attached hydrogens (tertiary/aromatic N) is 3. The minimum Gasteiger partial charge on any atom is -0.486 e. The van der Waals surface area contributed by atoms with E-state index in [0.717, 1.165) is 25.7 Å². The molecule has 0 amide bonds. The molecule has 3 rings (SSSR count). The van der Waals surface area contributed by atoms with Crippen molar-refractivity contribution in [2.75, 3.05) is 0 Å². The fraction of sp³-hybridized carbons (Fsp3) is 0.400. The van der Waals surface area contributed by atoms with Gasteiger partial charge in [-0.25, -0.2) is 9.48 Å². The highest BCUT2D eigenvalue weighted by Crippen LogP contribution is 2.27. The van der Waals surface area contributed by atoms with Crippen molar-refractivity contribution in [3.05, 3.63) is 36.4 Å². The molecule has 0 radical (unpaired) electrons. The normalized spacial score (nSPS) is 15.8. The molecule has 0 spiro atoms. The summed E-state index contributed by atoms with van der Waals surface area (Å²) in [7, 11) is 0. The number of aromatic carboxylic acids is 1. The maximum atomic E-state index is 11.6. The average Bonchev–Trinajstić information content (AvgIpc) is 2.93. The third kappa shape index (κ3) is 2.89. The Kier molecular flexibility index (Phi) is 3.85. The van der Waals surface area contributed by atoms with E-state index in [4.69, 9.17) is 4.74 Å². The van der Waals surface area contributed by atoms with E-state index in [9.17, 15) is 9.90 Å². The summed E-state index contributed by atoms with van der Waals surface area (Å²) in [6.07, 6.45) is 10.2. The third-order valence-corrected chi connectivity index (χ3v) is 3.69. The molecular weight excluding hydrogens is 270 g/mol. The highest BCUT2D eigenvalue weighted by molar-refractivity contribution is 5.89. The van der Waals surface area contributed by atoms with Gasteiger partial charge in [-0.3, -0.25) is 4.98 Å². The van der Waals surface area contributed by atoms with Gasteiger partial charge in [0, 0.05) is 12.4 Å². The fourth-order valence-corrected chi connectivity index (χ4v) is 2.66. The minimum absolute atomic E-state index is 0.0618. The summed E-state index contributed by atoms with van der Waals surface area (Å²) in [5, 5.41) is 13.6. The monoisotopic (exact) mass is 287 g/mol. The van der Waals surface area contributed by atoms with Gasteiger partial charge in [0.2, 0.25) is 0 Å². The number of rotatable bonds is 4. The van der Waals surface area contributed by atoms with Crippen LogP contribution in [0.15, 0.2) is 30.7 Å². The quantitative estimate of drug-likeness (QED) is 0.935. The highest BCUT2D eigenvalue weighted by atomic mass is 16.5. The molecule has 1 saturated carbocycles. The number of carboxylic acid groups (broad SMARTS) is 1. The topological polar surface area (TPSA) is 77.2 Å². The fourth-order valence-electron chi connectivity index (χ4n) is 2.66. The van der Waals surface area contributed by atoms with Crippen LogP contribution < -0.4 is 4.74 Å². The molecule has 2 heterocycles. The van der Waals surface area contributed by atoms with E-state index < -0.39 is 5.97 Å².